The van der Waals surface area contributed by atoms with Crippen molar-refractivity contribution in [2.75, 3.05) is 7.11 Å². The van der Waals surface area contributed by atoms with Crippen molar-refractivity contribution in [1.82, 2.24) is 5.32 Å². The molecule has 1 aliphatic heterocycles. The van der Waals surface area contributed by atoms with Crippen LogP contribution >= 0.6 is 0 Å². The quantitative estimate of drug-likeness (QED) is 0.877. The average Bonchev–Trinajstić information content (AvgIpc) is 3.05. The van der Waals surface area contributed by atoms with Gasteiger partial charge in [0, 0.05) is 6.04 Å². The lowest BCUT2D eigenvalue weighted by molar-refractivity contribution is -0.142. The first-order valence-corrected chi connectivity index (χ1v) is 7.27. The van der Waals surface area contributed by atoms with Crippen LogP contribution in [0.5, 0.6) is 0 Å². The van der Waals surface area contributed by atoms with E-state index in [9.17, 15) is 4.79 Å². The van der Waals surface area contributed by atoms with E-state index in [1.165, 1.54) is 23.8 Å². The highest BCUT2D eigenvalue weighted by Gasteiger charge is 2.30. The van der Waals surface area contributed by atoms with Crippen molar-refractivity contribution in [2.24, 2.45) is 0 Å². The molecule has 2 atom stereocenters. The molecule has 0 aromatic heterocycles. The molecular formula is C18H19NO2. The summed E-state index contributed by atoms with van der Waals surface area (Å²) < 4.78 is 4.79. The second-order valence-corrected chi connectivity index (χ2v) is 5.36. The summed E-state index contributed by atoms with van der Waals surface area (Å²) in [5.41, 5.74) is 3.65. The van der Waals surface area contributed by atoms with E-state index in [-0.39, 0.29) is 18.1 Å². The predicted octanol–water partition coefficient (Wildman–Crippen LogP) is 3.32. The molecule has 1 saturated heterocycles. The maximum absolute atomic E-state index is 11.5. The fourth-order valence-electron chi connectivity index (χ4n) is 2.87. The van der Waals surface area contributed by atoms with Crippen LogP contribution in [-0.4, -0.2) is 19.1 Å². The third-order valence-electron chi connectivity index (χ3n) is 4.05. The van der Waals surface area contributed by atoms with Gasteiger partial charge in [-0.3, -0.25) is 10.1 Å². The lowest BCUT2D eigenvalue weighted by Gasteiger charge is -2.14. The molecule has 0 amide bonds. The lowest BCUT2D eigenvalue weighted by Crippen LogP contribution is -2.33. The van der Waals surface area contributed by atoms with Crippen molar-refractivity contribution in [2.45, 2.75) is 24.9 Å². The first-order chi connectivity index (χ1) is 10.3. The number of ether oxygens (including phenoxy) is 1. The molecule has 1 N–H and O–H groups in total. The Kier molecular flexibility index (Phi) is 4.02. The summed E-state index contributed by atoms with van der Waals surface area (Å²) in [4.78, 5) is 11.5. The number of esters is 1. The summed E-state index contributed by atoms with van der Waals surface area (Å²) in [6.07, 6.45) is 1.79. The number of hydrogen-bond acceptors (Lipinski definition) is 3. The van der Waals surface area contributed by atoms with Gasteiger partial charge in [0.1, 0.15) is 6.04 Å². The molecule has 3 nitrogen and oxygen atoms in total. The maximum Gasteiger partial charge on any atom is 0.322 e. The largest absolute Gasteiger partial charge is 0.468 e. The van der Waals surface area contributed by atoms with Gasteiger partial charge in [0.2, 0.25) is 0 Å². The summed E-state index contributed by atoms with van der Waals surface area (Å²) in [7, 11) is 1.44. The van der Waals surface area contributed by atoms with E-state index in [1.807, 2.05) is 18.2 Å². The number of rotatable bonds is 3. The Bertz CT molecular complexity index is 607. The third kappa shape index (κ3) is 2.98. The van der Waals surface area contributed by atoms with E-state index >= 15 is 0 Å². The predicted molar refractivity (Wildman–Crippen MR) is 82.8 cm³/mol. The van der Waals surface area contributed by atoms with Crippen molar-refractivity contribution in [3.63, 3.8) is 0 Å². The van der Waals surface area contributed by atoms with Crippen LogP contribution in [0.2, 0.25) is 0 Å². The molecule has 1 fully saturated rings. The van der Waals surface area contributed by atoms with E-state index in [1.54, 1.807) is 0 Å². The van der Waals surface area contributed by atoms with Gasteiger partial charge in [-0.2, -0.15) is 0 Å². The third-order valence-corrected chi connectivity index (χ3v) is 4.05. The molecule has 0 spiro atoms. The zero-order valence-electron chi connectivity index (χ0n) is 12.1. The zero-order chi connectivity index (χ0) is 14.7. The van der Waals surface area contributed by atoms with E-state index < -0.39 is 0 Å². The molecule has 1 heterocycles. The Morgan fingerprint density at radius 2 is 1.67 bits per heavy atom. The Hall–Kier alpha value is -2.13. The number of nitrogens with one attached hydrogen (secondary N) is 1. The molecule has 0 saturated carbocycles. The molecule has 3 heteroatoms. The van der Waals surface area contributed by atoms with E-state index in [0.717, 1.165) is 12.8 Å². The van der Waals surface area contributed by atoms with Crippen LogP contribution in [0.15, 0.2) is 54.6 Å². The van der Waals surface area contributed by atoms with Crippen molar-refractivity contribution in [1.29, 1.82) is 0 Å². The molecule has 0 radical (unpaired) electrons. The number of methoxy groups -OCH3 is 1. The highest BCUT2D eigenvalue weighted by atomic mass is 16.5. The Morgan fingerprint density at radius 1 is 1.00 bits per heavy atom. The molecule has 0 bridgehead atoms. The van der Waals surface area contributed by atoms with Crippen molar-refractivity contribution in [3.8, 4) is 11.1 Å². The summed E-state index contributed by atoms with van der Waals surface area (Å²) in [6.45, 7) is 0. The van der Waals surface area contributed by atoms with Crippen molar-refractivity contribution in [3.05, 3.63) is 60.2 Å². The average molecular weight is 281 g/mol. The van der Waals surface area contributed by atoms with Crippen molar-refractivity contribution < 1.29 is 9.53 Å². The molecule has 1 unspecified atom stereocenters. The first-order valence-electron chi connectivity index (χ1n) is 7.27. The highest BCUT2D eigenvalue weighted by molar-refractivity contribution is 5.76. The molecule has 1 aliphatic rings. The van der Waals surface area contributed by atoms with Gasteiger partial charge in [-0.05, 0) is 29.5 Å². The Balaban J connectivity index is 1.72. The molecule has 2 aromatic rings. The number of benzene rings is 2. The Morgan fingerprint density at radius 3 is 2.33 bits per heavy atom. The standard InChI is InChI=1S/C18H19NO2/c1-21-18(20)17-12-11-16(19-17)15-9-7-14(8-10-15)13-5-3-2-4-6-13/h2-10,16-17,19H,11-12H2,1H3/t16?,17-/m0/s1. The smallest absolute Gasteiger partial charge is 0.322 e. The van der Waals surface area contributed by atoms with Crippen LogP contribution < -0.4 is 5.32 Å². The SMILES string of the molecule is COC(=O)[C@@H]1CCC(c2ccc(-c3ccccc3)cc2)N1. The van der Waals surface area contributed by atoms with E-state index in [2.05, 4.69) is 41.7 Å². The normalized spacial score (nSPS) is 21.2. The zero-order valence-corrected chi connectivity index (χ0v) is 12.1. The molecule has 2 aromatic carbocycles. The van der Waals surface area contributed by atoms with Gasteiger partial charge in [-0.1, -0.05) is 54.6 Å². The molecular weight excluding hydrogens is 262 g/mol. The van der Waals surface area contributed by atoms with Crippen LogP contribution in [0, 0.1) is 0 Å². The fourth-order valence-corrected chi connectivity index (χ4v) is 2.87. The van der Waals surface area contributed by atoms with Gasteiger partial charge in [-0.15, -0.1) is 0 Å². The minimum atomic E-state index is -0.172. The monoisotopic (exact) mass is 281 g/mol. The maximum atomic E-state index is 11.5. The fraction of sp³-hybridized carbons (Fsp3) is 0.278. The highest BCUT2D eigenvalue weighted by Crippen LogP contribution is 2.28. The second kappa shape index (κ2) is 6.10. The summed E-state index contributed by atoms with van der Waals surface area (Å²) in [5, 5.41) is 3.34. The van der Waals surface area contributed by atoms with Gasteiger partial charge in [0.15, 0.2) is 0 Å². The van der Waals surface area contributed by atoms with Gasteiger partial charge in [-0.25, -0.2) is 0 Å². The van der Waals surface area contributed by atoms with Gasteiger partial charge >= 0.3 is 5.97 Å². The minimum Gasteiger partial charge on any atom is -0.468 e. The van der Waals surface area contributed by atoms with Crippen LogP contribution in [0.4, 0.5) is 0 Å². The van der Waals surface area contributed by atoms with Crippen molar-refractivity contribution >= 4 is 5.97 Å². The summed E-state index contributed by atoms with van der Waals surface area (Å²) >= 11 is 0. The van der Waals surface area contributed by atoms with Gasteiger partial charge in [0.05, 0.1) is 7.11 Å². The summed E-state index contributed by atoms with van der Waals surface area (Å²) in [5.74, 6) is -0.168. The van der Waals surface area contributed by atoms with Crippen LogP contribution in [0.25, 0.3) is 11.1 Å². The number of carbonyl (C=O) groups excluding carboxylic acids is 1. The second-order valence-electron chi connectivity index (χ2n) is 5.36. The molecule has 108 valence electrons. The van der Waals surface area contributed by atoms with E-state index in [0.29, 0.717) is 0 Å². The lowest BCUT2D eigenvalue weighted by atomic mass is 10.00. The molecule has 3 rings (SSSR count). The van der Waals surface area contributed by atoms with Crippen LogP contribution in [0.1, 0.15) is 24.4 Å². The van der Waals surface area contributed by atoms with Gasteiger partial charge < -0.3 is 4.74 Å². The van der Waals surface area contributed by atoms with E-state index in [4.69, 9.17) is 4.74 Å². The van der Waals surface area contributed by atoms with Crippen LogP contribution in [-0.2, 0) is 9.53 Å². The summed E-state index contributed by atoms with van der Waals surface area (Å²) in [6, 6.07) is 18.9. The number of hydrogen-bond donors (Lipinski definition) is 1. The van der Waals surface area contributed by atoms with Gasteiger partial charge in [0.25, 0.3) is 0 Å². The first kappa shape index (κ1) is 13.8. The van der Waals surface area contributed by atoms with Crippen LogP contribution in [0.3, 0.4) is 0 Å². The Labute approximate surface area is 124 Å². The number of carbonyl (C=O) groups is 1. The topological polar surface area (TPSA) is 38.3 Å². The minimum absolute atomic E-state index is 0.168. The molecule has 0 aliphatic carbocycles. The molecule has 21 heavy (non-hydrogen) atoms.